The summed E-state index contributed by atoms with van der Waals surface area (Å²) in [6.07, 6.45) is -9.54. The highest BCUT2D eigenvalue weighted by Gasteiger charge is 2.41. The van der Waals surface area contributed by atoms with Crippen LogP contribution in [0.5, 0.6) is 0 Å². The molecule has 0 aliphatic carbocycles. The average molecular weight is 708 g/mol. The number of benzene rings is 2. The van der Waals surface area contributed by atoms with Crippen molar-refractivity contribution in [3.63, 3.8) is 0 Å². The predicted molar refractivity (Wildman–Crippen MR) is 157 cm³/mol. The predicted octanol–water partition coefficient (Wildman–Crippen LogP) is 5.96. The number of halogens is 7. The van der Waals surface area contributed by atoms with Crippen molar-refractivity contribution in [2.45, 2.75) is 87.0 Å². The van der Waals surface area contributed by atoms with Crippen molar-refractivity contribution in [3.8, 4) is 0 Å². The van der Waals surface area contributed by atoms with Crippen molar-refractivity contribution in [1.29, 1.82) is 0 Å². The molecule has 0 bridgehead atoms. The van der Waals surface area contributed by atoms with Crippen molar-refractivity contribution in [1.82, 2.24) is 0 Å². The van der Waals surface area contributed by atoms with Crippen LogP contribution in [0.3, 0.4) is 0 Å². The fourth-order valence-corrected chi connectivity index (χ4v) is 7.36. The Balaban J connectivity index is 0.000000454. The molecule has 2 unspecified atom stereocenters. The van der Waals surface area contributed by atoms with Crippen molar-refractivity contribution in [2.24, 2.45) is 16.5 Å². The zero-order valence-electron chi connectivity index (χ0n) is 24.9. The number of nitrogens with zero attached hydrogens (tertiary/aromatic N) is 1. The minimum atomic E-state index is -4.96. The van der Waals surface area contributed by atoms with Gasteiger partial charge in [-0.3, -0.25) is 9.59 Å². The van der Waals surface area contributed by atoms with Gasteiger partial charge in [0.05, 0.1) is 31.4 Å². The van der Waals surface area contributed by atoms with Crippen LogP contribution in [0, 0.1) is 13.8 Å². The first-order valence-electron chi connectivity index (χ1n) is 13.0. The molecule has 45 heavy (non-hydrogen) atoms. The molecule has 18 heteroatoms. The molecular weight excluding hydrogens is 676 g/mol. The third-order valence-electron chi connectivity index (χ3n) is 6.76. The third-order valence-corrected chi connectivity index (χ3v) is 11.6. The topological polar surface area (TPSA) is 167 Å². The van der Waals surface area contributed by atoms with Gasteiger partial charge in [-0.05, 0) is 87.5 Å². The number of alkyl halides is 6. The van der Waals surface area contributed by atoms with Crippen LogP contribution in [-0.2, 0) is 32.0 Å². The van der Waals surface area contributed by atoms with E-state index in [1.54, 1.807) is 13.8 Å². The molecule has 2 aromatic rings. The van der Waals surface area contributed by atoms with Crippen molar-refractivity contribution in [3.05, 3.63) is 57.6 Å². The van der Waals surface area contributed by atoms with Crippen molar-refractivity contribution < 1.29 is 52.8 Å². The smallest absolute Gasteiger partial charge is 0.370 e. The van der Waals surface area contributed by atoms with Gasteiger partial charge in [0.15, 0.2) is 25.6 Å². The van der Waals surface area contributed by atoms with E-state index in [0.29, 0.717) is 12.1 Å². The Morgan fingerprint density at radius 3 is 1.38 bits per heavy atom. The number of hydrogen-bond donors (Lipinski definition) is 2. The number of hydrogen-bond acceptors (Lipinski definition) is 6. The Bertz CT molecular complexity index is 1700. The third kappa shape index (κ3) is 9.42. The van der Waals surface area contributed by atoms with Crippen LogP contribution < -0.4 is 11.5 Å². The Kier molecular flexibility index (Phi) is 12.8. The van der Waals surface area contributed by atoms with Crippen molar-refractivity contribution >= 4 is 48.4 Å². The molecule has 0 spiro atoms. The maximum Gasteiger partial charge on any atom is 0.417 e. The number of carbonyl (C=O) groups is 2. The highest BCUT2D eigenvalue weighted by molar-refractivity contribution is 7.92. The molecule has 9 nitrogen and oxygen atoms in total. The van der Waals surface area contributed by atoms with Crippen molar-refractivity contribution in [2.75, 3.05) is 0 Å². The standard InChI is InChI=1S/C14H18F3N3O3S.C13H14ClF3O3S/c1-4-8(3)24(22,23)11-5-7(2)9(12(21)20-13(18)19)6-10(11)14(15,16)17;1-4-8(3)21(19,20)11-5-7(2)9(12(14)18)6-10(11)13(15,16)17/h5-6,8H,4H2,1-3H3,(H4,18,19,20,21);5-6,8H,4H2,1-3H3. The van der Waals surface area contributed by atoms with E-state index >= 15 is 0 Å². The second kappa shape index (κ2) is 14.5. The van der Waals surface area contributed by atoms with Crippen LogP contribution in [-0.4, -0.2) is 44.4 Å². The fraction of sp³-hybridized carbons (Fsp3) is 0.444. The van der Waals surface area contributed by atoms with E-state index in [1.165, 1.54) is 27.7 Å². The Morgan fingerprint density at radius 1 is 0.756 bits per heavy atom. The first-order valence-corrected chi connectivity index (χ1v) is 16.5. The molecule has 0 radical (unpaired) electrons. The summed E-state index contributed by atoms with van der Waals surface area (Å²) < 4.78 is 129. The average Bonchev–Trinajstić information content (AvgIpc) is 2.89. The van der Waals surface area contributed by atoms with Gasteiger partial charge in [0.1, 0.15) is 0 Å². The Morgan fingerprint density at radius 2 is 1.09 bits per heavy atom. The molecule has 2 rings (SSSR count). The second-order valence-electron chi connectivity index (χ2n) is 9.97. The van der Waals surface area contributed by atoms with Gasteiger partial charge in [-0.2, -0.15) is 31.3 Å². The molecule has 0 heterocycles. The maximum absolute atomic E-state index is 13.3. The number of sulfone groups is 2. The first-order chi connectivity index (χ1) is 20.2. The van der Waals surface area contributed by atoms with Gasteiger partial charge in [0.2, 0.25) is 0 Å². The molecule has 252 valence electrons. The molecule has 0 saturated carbocycles. The number of guanidine groups is 1. The summed E-state index contributed by atoms with van der Waals surface area (Å²) in [6, 6.07) is 2.67. The number of aliphatic imine (C=N–C) groups is 1. The molecule has 0 fully saturated rings. The molecular formula is C27H32ClF6N3O6S2. The number of carbonyl (C=O) groups excluding carboxylic acids is 2. The van der Waals surface area contributed by atoms with E-state index < -0.39 is 86.1 Å². The Labute approximate surface area is 261 Å². The van der Waals surface area contributed by atoms with Gasteiger partial charge in [-0.1, -0.05) is 13.8 Å². The van der Waals surface area contributed by atoms with Crippen LogP contribution >= 0.6 is 11.6 Å². The minimum Gasteiger partial charge on any atom is -0.370 e. The number of nitrogens with two attached hydrogens (primary N) is 2. The van der Waals surface area contributed by atoms with Crippen LogP contribution in [0.4, 0.5) is 26.3 Å². The van der Waals surface area contributed by atoms with Crippen LogP contribution in [0.1, 0.15) is 83.5 Å². The van der Waals surface area contributed by atoms with E-state index in [9.17, 15) is 52.8 Å². The summed E-state index contributed by atoms with van der Waals surface area (Å²) >= 11 is 5.23. The second-order valence-corrected chi connectivity index (χ2v) is 15.0. The van der Waals surface area contributed by atoms with Gasteiger partial charge >= 0.3 is 12.4 Å². The maximum atomic E-state index is 13.3. The summed E-state index contributed by atoms with van der Waals surface area (Å²) in [7, 11) is -8.35. The lowest BCUT2D eigenvalue weighted by Crippen LogP contribution is -2.25. The first kappa shape index (κ1) is 39.8. The largest absolute Gasteiger partial charge is 0.417 e. The number of rotatable bonds is 8. The lowest BCUT2D eigenvalue weighted by atomic mass is 10.0. The lowest BCUT2D eigenvalue weighted by molar-refractivity contribution is -0.140. The lowest BCUT2D eigenvalue weighted by Gasteiger charge is -2.18. The van der Waals surface area contributed by atoms with Gasteiger partial charge in [0, 0.05) is 11.1 Å². The van der Waals surface area contributed by atoms with E-state index in [2.05, 4.69) is 4.99 Å². The highest BCUT2D eigenvalue weighted by atomic mass is 35.5. The molecule has 0 aliphatic heterocycles. The van der Waals surface area contributed by atoms with Crippen LogP contribution in [0.25, 0.3) is 0 Å². The van der Waals surface area contributed by atoms with E-state index in [1.807, 2.05) is 0 Å². The summed E-state index contributed by atoms with van der Waals surface area (Å²) in [4.78, 5) is 24.5. The van der Waals surface area contributed by atoms with E-state index in [4.69, 9.17) is 23.1 Å². The summed E-state index contributed by atoms with van der Waals surface area (Å²) in [5.74, 6) is -1.69. The fourth-order valence-electron chi connectivity index (χ4n) is 3.77. The Hall–Kier alpha value is -3.18. The number of aryl methyl sites for hydroxylation is 2. The summed E-state index contributed by atoms with van der Waals surface area (Å²) in [5, 5.41) is -3.03. The summed E-state index contributed by atoms with van der Waals surface area (Å²) in [5.41, 5.74) is 6.67. The highest BCUT2D eigenvalue weighted by Crippen LogP contribution is 2.39. The molecule has 1 amide bonds. The van der Waals surface area contributed by atoms with Gasteiger partial charge in [-0.15, -0.1) is 0 Å². The SMILES string of the molecule is CCC(C)S(=O)(=O)c1cc(C)c(C(=O)Cl)cc1C(F)(F)F.CCC(C)S(=O)(=O)c1cc(C)c(C(=O)N=C(N)N)cc1C(F)(F)F. The van der Waals surface area contributed by atoms with Gasteiger partial charge in [-0.25, -0.2) is 16.8 Å². The number of amides is 1. The molecule has 0 aromatic heterocycles. The molecule has 4 N–H and O–H groups in total. The molecule has 0 saturated heterocycles. The van der Waals surface area contributed by atoms with Gasteiger partial charge in [0.25, 0.3) is 11.1 Å². The summed E-state index contributed by atoms with van der Waals surface area (Å²) in [6.45, 7) is 8.43. The monoisotopic (exact) mass is 707 g/mol. The zero-order valence-corrected chi connectivity index (χ0v) is 27.3. The zero-order chi connectivity index (χ0) is 35.5. The van der Waals surface area contributed by atoms with Crippen LogP contribution in [0.2, 0.25) is 0 Å². The molecule has 2 aromatic carbocycles. The normalized spacial score (nSPS) is 13.7. The molecule has 0 aliphatic rings. The molecule has 2 atom stereocenters. The van der Waals surface area contributed by atoms with E-state index in [-0.39, 0.29) is 29.5 Å². The van der Waals surface area contributed by atoms with E-state index in [0.717, 1.165) is 12.1 Å². The quantitative estimate of drug-likeness (QED) is 0.147. The minimum absolute atomic E-state index is 0.0277. The van der Waals surface area contributed by atoms with Gasteiger partial charge < -0.3 is 11.5 Å². The van der Waals surface area contributed by atoms with Crippen LogP contribution in [0.15, 0.2) is 39.0 Å².